The second-order valence-electron chi connectivity index (χ2n) is 6.14. The Labute approximate surface area is 151 Å². The number of aromatic nitrogens is 1. The van der Waals surface area contributed by atoms with Crippen LogP contribution < -0.4 is 0 Å². The second-order valence-corrected chi connectivity index (χ2v) is 6.14. The number of carbonyl (C=O) groups excluding carboxylic acids is 1. The molecule has 0 saturated heterocycles. The molecule has 0 bridgehead atoms. The third kappa shape index (κ3) is 3.20. The number of hydrogen-bond donors (Lipinski definition) is 0. The van der Waals surface area contributed by atoms with E-state index in [1.54, 1.807) is 12.1 Å². The quantitative estimate of drug-likeness (QED) is 0.442. The van der Waals surface area contributed by atoms with Gasteiger partial charge in [-0.15, -0.1) is 0 Å². The maximum atomic E-state index is 10.7. The minimum atomic E-state index is 0.615. The van der Waals surface area contributed by atoms with Gasteiger partial charge in [-0.25, -0.2) is 4.98 Å². The number of hydrogen-bond acceptors (Lipinski definition) is 3. The number of oxazole rings is 1. The van der Waals surface area contributed by atoms with Crippen molar-refractivity contribution in [3.8, 4) is 11.5 Å². The summed E-state index contributed by atoms with van der Waals surface area (Å²) in [5.74, 6) is 1.39. The first-order valence-corrected chi connectivity index (χ1v) is 8.43. The van der Waals surface area contributed by atoms with E-state index in [-0.39, 0.29) is 0 Å². The first-order chi connectivity index (χ1) is 12.7. The van der Waals surface area contributed by atoms with E-state index < -0.39 is 0 Å². The zero-order chi connectivity index (χ0) is 17.9. The summed E-state index contributed by atoms with van der Waals surface area (Å²) in [5.41, 5.74) is 3.43. The van der Waals surface area contributed by atoms with E-state index in [9.17, 15) is 4.79 Å². The summed E-state index contributed by atoms with van der Waals surface area (Å²) in [6, 6.07) is 21.8. The summed E-state index contributed by atoms with van der Waals surface area (Å²) in [7, 11) is 0. The van der Waals surface area contributed by atoms with E-state index in [0.29, 0.717) is 11.5 Å². The average molecular weight is 339 g/mol. The lowest BCUT2D eigenvalue weighted by atomic mass is 10.1. The number of aldehydes is 1. The number of aryl methyl sites for hydroxylation is 1. The fourth-order valence-electron chi connectivity index (χ4n) is 2.87. The van der Waals surface area contributed by atoms with Crippen molar-refractivity contribution in [2.45, 2.75) is 6.92 Å². The molecular weight excluding hydrogens is 322 g/mol. The molecule has 0 radical (unpaired) electrons. The van der Waals surface area contributed by atoms with Crippen molar-refractivity contribution in [2.24, 2.45) is 0 Å². The average Bonchev–Trinajstić information content (AvgIpc) is 3.07. The molecule has 0 N–H and O–H groups in total. The highest BCUT2D eigenvalue weighted by Gasteiger charge is 2.10. The van der Waals surface area contributed by atoms with E-state index in [2.05, 4.69) is 29.2 Å². The van der Waals surface area contributed by atoms with Crippen LogP contribution in [0.3, 0.4) is 0 Å². The number of nitrogens with zero attached hydrogens (tertiary/aromatic N) is 1. The van der Waals surface area contributed by atoms with Crippen molar-refractivity contribution in [3.05, 3.63) is 89.3 Å². The molecule has 0 fully saturated rings. The molecule has 3 nitrogen and oxygen atoms in total. The normalized spacial score (nSPS) is 11.3. The van der Waals surface area contributed by atoms with Crippen molar-refractivity contribution in [2.75, 3.05) is 0 Å². The summed E-state index contributed by atoms with van der Waals surface area (Å²) in [6.07, 6.45) is 4.73. The molecule has 3 heteroatoms. The van der Waals surface area contributed by atoms with Crippen molar-refractivity contribution >= 4 is 29.2 Å². The molecular formula is C23H17NO2. The maximum Gasteiger partial charge on any atom is 0.226 e. The number of benzene rings is 3. The van der Waals surface area contributed by atoms with Gasteiger partial charge in [0.25, 0.3) is 0 Å². The Balaban J connectivity index is 1.63. The van der Waals surface area contributed by atoms with Crippen LogP contribution in [0, 0.1) is 6.92 Å². The Kier molecular flexibility index (Phi) is 4.20. The molecule has 1 aromatic heterocycles. The van der Waals surface area contributed by atoms with Crippen LogP contribution >= 0.6 is 0 Å². The predicted molar refractivity (Wildman–Crippen MR) is 105 cm³/mol. The standard InChI is InChI=1S/C23H17NO2/c1-16-22(13-10-17-6-8-18(15-25)9-7-17)24-23(26-16)21-12-11-19-4-2-3-5-20(19)14-21/h2-15H,1H3. The number of fused-ring (bicyclic) bond motifs is 1. The molecule has 4 aromatic rings. The lowest BCUT2D eigenvalue weighted by molar-refractivity contribution is 0.112. The monoisotopic (exact) mass is 339 g/mol. The fraction of sp³-hybridized carbons (Fsp3) is 0.0435. The van der Waals surface area contributed by atoms with E-state index in [4.69, 9.17) is 4.42 Å². The maximum absolute atomic E-state index is 10.7. The Morgan fingerprint density at radius 3 is 2.35 bits per heavy atom. The molecule has 3 aromatic carbocycles. The van der Waals surface area contributed by atoms with Gasteiger partial charge in [0, 0.05) is 11.1 Å². The molecule has 26 heavy (non-hydrogen) atoms. The third-order valence-corrected chi connectivity index (χ3v) is 4.34. The topological polar surface area (TPSA) is 43.1 Å². The molecule has 0 saturated carbocycles. The third-order valence-electron chi connectivity index (χ3n) is 4.34. The van der Waals surface area contributed by atoms with Gasteiger partial charge in [-0.2, -0.15) is 0 Å². The largest absolute Gasteiger partial charge is 0.441 e. The van der Waals surface area contributed by atoms with Crippen molar-refractivity contribution < 1.29 is 9.21 Å². The Morgan fingerprint density at radius 1 is 0.846 bits per heavy atom. The predicted octanol–water partition coefficient (Wildman–Crippen LogP) is 5.79. The molecule has 1 heterocycles. The lowest BCUT2D eigenvalue weighted by Crippen LogP contribution is -1.81. The zero-order valence-electron chi connectivity index (χ0n) is 14.3. The molecule has 0 unspecified atom stereocenters. The summed E-state index contributed by atoms with van der Waals surface area (Å²) in [6.45, 7) is 1.91. The fourth-order valence-corrected chi connectivity index (χ4v) is 2.87. The van der Waals surface area contributed by atoms with E-state index in [1.165, 1.54) is 5.39 Å². The van der Waals surface area contributed by atoms with Gasteiger partial charge in [-0.05, 0) is 41.5 Å². The minimum Gasteiger partial charge on any atom is -0.441 e. The van der Waals surface area contributed by atoms with Gasteiger partial charge < -0.3 is 4.42 Å². The first-order valence-electron chi connectivity index (χ1n) is 8.43. The lowest BCUT2D eigenvalue weighted by Gasteiger charge is -1.99. The number of carbonyl (C=O) groups is 1. The van der Waals surface area contributed by atoms with Crippen LogP contribution in [0.25, 0.3) is 34.4 Å². The van der Waals surface area contributed by atoms with Crippen LogP contribution in [-0.2, 0) is 0 Å². The Morgan fingerprint density at radius 2 is 1.58 bits per heavy atom. The van der Waals surface area contributed by atoms with Crippen LogP contribution in [0.4, 0.5) is 0 Å². The summed E-state index contributed by atoms with van der Waals surface area (Å²) in [5, 5.41) is 2.35. The van der Waals surface area contributed by atoms with Crippen LogP contribution in [0.5, 0.6) is 0 Å². The van der Waals surface area contributed by atoms with Crippen molar-refractivity contribution in [3.63, 3.8) is 0 Å². The molecule has 0 aliphatic heterocycles. The van der Waals surface area contributed by atoms with E-state index >= 15 is 0 Å². The minimum absolute atomic E-state index is 0.615. The second kappa shape index (κ2) is 6.81. The van der Waals surface area contributed by atoms with Gasteiger partial charge in [0.1, 0.15) is 17.7 Å². The van der Waals surface area contributed by atoms with Crippen LogP contribution in [0.2, 0.25) is 0 Å². The van der Waals surface area contributed by atoms with Gasteiger partial charge in [-0.3, -0.25) is 4.79 Å². The van der Waals surface area contributed by atoms with Gasteiger partial charge in [0.05, 0.1) is 0 Å². The molecule has 126 valence electrons. The molecule has 0 atom stereocenters. The van der Waals surface area contributed by atoms with Crippen molar-refractivity contribution in [1.29, 1.82) is 0 Å². The van der Waals surface area contributed by atoms with Gasteiger partial charge >= 0.3 is 0 Å². The highest BCUT2D eigenvalue weighted by atomic mass is 16.4. The number of rotatable bonds is 4. The van der Waals surface area contributed by atoms with Crippen LogP contribution in [0.1, 0.15) is 27.4 Å². The van der Waals surface area contributed by atoms with Gasteiger partial charge in [0.2, 0.25) is 5.89 Å². The Bertz CT molecular complexity index is 1100. The summed E-state index contributed by atoms with van der Waals surface area (Å²) in [4.78, 5) is 15.3. The molecule has 4 rings (SSSR count). The SMILES string of the molecule is Cc1oc(-c2ccc3ccccc3c2)nc1C=Cc1ccc(C=O)cc1. The van der Waals surface area contributed by atoms with Crippen molar-refractivity contribution in [1.82, 2.24) is 4.98 Å². The van der Waals surface area contributed by atoms with Crippen LogP contribution in [-0.4, -0.2) is 11.3 Å². The summed E-state index contributed by atoms with van der Waals surface area (Å²) < 4.78 is 5.87. The van der Waals surface area contributed by atoms with Gasteiger partial charge in [-0.1, -0.05) is 60.7 Å². The van der Waals surface area contributed by atoms with E-state index in [0.717, 1.165) is 34.3 Å². The molecule has 0 spiro atoms. The van der Waals surface area contributed by atoms with Crippen LogP contribution in [0.15, 0.2) is 71.1 Å². The van der Waals surface area contributed by atoms with E-state index in [1.807, 2.05) is 49.4 Å². The smallest absolute Gasteiger partial charge is 0.226 e. The molecule has 0 amide bonds. The first kappa shape index (κ1) is 16.0. The van der Waals surface area contributed by atoms with Gasteiger partial charge in [0.15, 0.2) is 0 Å². The highest BCUT2D eigenvalue weighted by molar-refractivity contribution is 5.86. The zero-order valence-corrected chi connectivity index (χ0v) is 14.3. The highest BCUT2D eigenvalue weighted by Crippen LogP contribution is 2.26. The summed E-state index contributed by atoms with van der Waals surface area (Å²) >= 11 is 0. The Hall–Kier alpha value is -3.46. The molecule has 0 aliphatic rings. The molecule has 0 aliphatic carbocycles.